The van der Waals surface area contributed by atoms with E-state index >= 15 is 0 Å². The van der Waals surface area contributed by atoms with Crippen molar-refractivity contribution in [2.75, 3.05) is 5.73 Å². The highest BCUT2D eigenvalue weighted by Gasteiger charge is 2.24. The van der Waals surface area contributed by atoms with Crippen molar-refractivity contribution in [2.24, 2.45) is 0 Å². The lowest BCUT2D eigenvalue weighted by molar-refractivity contribution is 0.00765. The van der Waals surface area contributed by atoms with Crippen LogP contribution in [0.3, 0.4) is 0 Å². The van der Waals surface area contributed by atoms with E-state index in [0.717, 1.165) is 16.6 Å². The molecule has 0 aromatic carbocycles. The summed E-state index contributed by atoms with van der Waals surface area (Å²) in [5.74, 6) is -0.412. The van der Waals surface area contributed by atoms with Crippen LogP contribution in [0.4, 0.5) is 5.69 Å². The van der Waals surface area contributed by atoms with Crippen LogP contribution < -0.4 is 5.73 Å². The van der Waals surface area contributed by atoms with Crippen LogP contribution >= 0.6 is 11.3 Å². The number of thiophene rings is 1. The molecule has 0 bridgehead atoms. The molecule has 0 unspecified atom stereocenters. The molecule has 0 aliphatic heterocycles. The Kier molecular flexibility index (Phi) is 3.22. The minimum atomic E-state index is -0.545. The van der Waals surface area contributed by atoms with Crippen molar-refractivity contribution < 1.29 is 9.53 Å². The third-order valence-electron chi connectivity index (χ3n) is 2.72. The zero-order chi connectivity index (χ0) is 14.4. The molecule has 6 heteroatoms. The lowest BCUT2D eigenvalue weighted by Gasteiger charge is -2.18. The second kappa shape index (κ2) is 4.45. The van der Waals surface area contributed by atoms with Gasteiger partial charge in [-0.1, -0.05) is 0 Å². The summed E-state index contributed by atoms with van der Waals surface area (Å²) in [7, 11) is 0. The van der Waals surface area contributed by atoms with E-state index in [1.54, 1.807) is 0 Å². The Hall–Kier alpha value is -1.69. The molecule has 0 saturated carbocycles. The summed E-state index contributed by atoms with van der Waals surface area (Å²) in [6.45, 7) is 9.26. The maximum Gasteiger partial charge on any atom is 0.351 e. The molecule has 19 heavy (non-hydrogen) atoms. The van der Waals surface area contributed by atoms with Gasteiger partial charge in [0.2, 0.25) is 0 Å². The van der Waals surface area contributed by atoms with E-state index in [1.807, 2.05) is 34.6 Å². The van der Waals surface area contributed by atoms with Crippen LogP contribution in [0, 0.1) is 13.8 Å². The standard InChI is InChI=1S/C13H17N3O2S/c1-6-7(2)15-16-11-8(6)9(14)10(19-11)12(17)18-13(3,4)5/h14H2,1-5H3. The molecule has 0 radical (unpaired) electrons. The summed E-state index contributed by atoms with van der Waals surface area (Å²) in [5.41, 5.74) is 7.73. The van der Waals surface area contributed by atoms with Crippen molar-refractivity contribution in [1.82, 2.24) is 10.2 Å². The summed E-state index contributed by atoms with van der Waals surface area (Å²) >= 11 is 1.22. The number of nitrogens with zero attached hydrogens (tertiary/aromatic N) is 2. The highest BCUT2D eigenvalue weighted by molar-refractivity contribution is 7.21. The number of carbonyl (C=O) groups is 1. The van der Waals surface area contributed by atoms with Gasteiger partial charge in [-0.05, 0) is 40.2 Å². The first-order chi connectivity index (χ1) is 8.70. The Morgan fingerprint density at radius 3 is 2.47 bits per heavy atom. The van der Waals surface area contributed by atoms with Crippen LogP contribution in [0.1, 0.15) is 41.7 Å². The van der Waals surface area contributed by atoms with Gasteiger partial charge in [-0.3, -0.25) is 0 Å². The number of fused-ring (bicyclic) bond motifs is 1. The van der Waals surface area contributed by atoms with Crippen molar-refractivity contribution in [2.45, 2.75) is 40.2 Å². The largest absolute Gasteiger partial charge is 0.456 e. The van der Waals surface area contributed by atoms with Gasteiger partial charge >= 0.3 is 5.97 Å². The lowest BCUT2D eigenvalue weighted by atomic mass is 10.1. The fourth-order valence-electron chi connectivity index (χ4n) is 1.72. The maximum absolute atomic E-state index is 12.1. The quantitative estimate of drug-likeness (QED) is 0.812. The molecule has 0 aliphatic rings. The number of rotatable bonds is 1. The smallest absolute Gasteiger partial charge is 0.351 e. The first-order valence-electron chi connectivity index (χ1n) is 5.96. The van der Waals surface area contributed by atoms with Gasteiger partial charge in [-0.15, -0.1) is 16.4 Å². The summed E-state index contributed by atoms with van der Waals surface area (Å²) in [6, 6.07) is 0. The van der Waals surface area contributed by atoms with Gasteiger partial charge in [0.05, 0.1) is 11.4 Å². The number of carbonyl (C=O) groups excluding carboxylic acids is 1. The normalized spacial score (nSPS) is 11.8. The molecule has 2 N–H and O–H groups in total. The van der Waals surface area contributed by atoms with E-state index < -0.39 is 11.6 Å². The second-order valence-corrected chi connectivity index (χ2v) is 6.44. The molecule has 2 aromatic rings. The van der Waals surface area contributed by atoms with E-state index in [4.69, 9.17) is 10.5 Å². The van der Waals surface area contributed by atoms with Crippen molar-refractivity contribution in [3.8, 4) is 0 Å². The Morgan fingerprint density at radius 1 is 1.26 bits per heavy atom. The van der Waals surface area contributed by atoms with Gasteiger partial charge in [0.15, 0.2) is 0 Å². The molecule has 0 aliphatic carbocycles. The second-order valence-electron chi connectivity index (χ2n) is 5.44. The molecular formula is C13H17N3O2S. The molecule has 2 rings (SSSR count). The average Bonchev–Trinajstić information content (AvgIpc) is 2.60. The molecule has 0 amide bonds. The fraction of sp³-hybridized carbons (Fsp3) is 0.462. The summed E-state index contributed by atoms with van der Waals surface area (Å²) in [6.07, 6.45) is 0. The molecular weight excluding hydrogens is 262 g/mol. The number of nitrogens with two attached hydrogens (primary N) is 1. The highest BCUT2D eigenvalue weighted by Crippen LogP contribution is 2.35. The molecule has 102 valence electrons. The van der Waals surface area contributed by atoms with E-state index in [9.17, 15) is 4.79 Å². The SMILES string of the molecule is Cc1nnc2sc(C(=O)OC(C)(C)C)c(N)c2c1C. The van der Waals surface area contributed by atoms with E-state index in [1.165, 1.54) is 11.3 Å². The first-order valence-corrected chi connectivity index (χ1v) is 6.77. The number of anilines is 1. The molecule has 0 spiro atoms. The Balaban J connectivity index is 2.55. The molecule has 5 nitrogen and oxygen atoms in total. The first kappa shape index (κ1) is 13.7. The van der Waals surface area contributed by atoms with Gasteiger partial charge in [0.25, 0.3) is 0 Å². The summed E-state index contributed by atoms with van der Waals surface area (Å²) < 4.78 is 5.35. The van der Waals surface area contributed by atoms with Crippen LogP contribution in [0.15, 0.2) is 0 Å². The van der Waals surface area contributed by atoms with Crippen molar-refractivity contribution in [1.29, 1.82) is 0 Å². The molecule has 2 heterocycles. The highest BCUT2D eigenvalue weighted by atomic mass is 32.1. The minimum absolute atomic E-state index is 0.396. The Bertz CT molecular complexity index is 656. The Labute approximate surface area is 115 Å². The average molecular weight is 279 g/mol. The predicted octanol–water partition coefficient (Wildman–Crippen LogP) is 2.85. The van der Waals surface area contributed by atoms with Gasteiger partial charge in [-0.2, -0.15) is 5.10 Å². The van der Waals surface area contributed by atoms with Gasteiger partial charge in [0, 0.05) is 5.39 Å². The summed E-state index contributed by atoms with van der Waals surface area (Å²) in [5, 5.41) is 8.93. The third kappa shape index (κ3) is 2.53. The number of esters is 1. The van der Waals surface area contributed by atoms with Crippen molar-refractivity contribution in [3.05, 3.63) is 16.1 Å². The van der Waals surface area contributed by atoms with Gasteiger partial charge in [-0.25, -0.2) is 4.79 Å². The number of nitrogen functional groups attached to an aromatic ring is 1. The molecule has 0 saturated heterocycles. The number of aromatic nitrogens is 2. The topological polar surface area (TPSA) is 78.1 Å². The van der Waals surface area contributed by atoms with E-state index in [2.05, 4.69) is 10.2 Å². The van der Waals surface area contributed by atoms with Gasteiger partial charge in [0.1, 0.15) is 15.3 Å². The number of ether oxygens (including phenoxy) is 1. The lowest BCUT2D eigenvalue weighted by Crippen LogP contribution is -2.23. The number of hydrogen-bond acceptors (Lipinski definition) is 6. The minimum Gasteiger partial charge on any atom is -0.456 e. The van der Waals surface area contributed by atoms with Crippen LogP contribution in [0.25, 0.3) is 10.2 Å². The number of aryl methyl sites for hydroxylation is 2. The predicted molar refractivity (Wildman–Crippen MR) is 76.5 cm³/mol. The van der Waals surface area contributed by atoms with E-state index in [-0.39, 0.29) is 0 Å². The molecule has 0 atom stereocenters. The van der Waals surface area contributed by atoms with Crippen molar-refractivity contribution in [3.63, 3.8) is 0 Å². The van der Waals surface area contributed by atoms with Crippen LogP contribution in [-0.4, -0.2) is 21.8 Å². The van der Waals surface area contributed by atoms with Crippen molar-refractivity contribution >= 4 is 33.2 Å². The maximum atomic E-state index is 12.1. The fourth-order valence-corrected chi connectivity index (χ4v) is 2.69. The molecule has 0 fully saturated rings. The van der Waals surface area contributed by atoms with E-state index in [0.29, 0.717) is 15.4 Å². The molecule has 2 aromatic heterocycles. The monoisotopic (exact) mass is 279 g/mol. The Morgan fingerprint density at radius 2 is 1.89 bits per heavy atom. The summed E-state index contributed by atoms with van der Waals surface area (Å²) in [4.78, 5) is 13.2. The van der Waals surface area contributed by atoms with Crippen LogP contribution in [0.2, 0.25) is 0 Å². The zero-order valence-electron chi connectivity index (χ0n) is 11.7. The van der Waals surface area contributed by atoms with Crippen LogP contribution in [-0.2, 0) is 4.74 Å². The zero-order valence-corrected chi connectivity index (χ0v) is 12.5. The van der Waals surface area contributed by atoms with Crippen LogP contribution in [0.5, 0.6) is 0 Å². The number of hydrogen-bond donors (Lipinski definition) is 1. The van der Waals surface area contributed by atoms with Gasteiger partial charge < -0.3 is 10.5 Å². The third-order valence-corrected chi connectivity index (χ3v) is 3.79.